The Labute approximate surface area is 103 Å². The van der Waals surface area contributed by atoms with Crippen molar-refractivity contribution < 1.29 is 13.5 Å². The van der Waals surface area contributed by atoms with Crippen LogP contribution in [-0.2, 0) is 0 Å². The average molecular weight is 250 g/mol. The predicted octanol–water partition coefficient (Wildman–Crippen LogP) is 3.17. The van der Waals surface area contributed by atoms with Gasteiger partial charge in [0, 0.05) is 18.3 Å². The maximum absolute atomic E-state index is 13.3. The van der Waals surface area contributed by atoms with E-state index >= 15 is 0 Å². The van der Waals surface area contributed by atoms with Crippen LogP contribution in [0, 0.1) is 11.6 Å². The second kappa shape index (κ2) is 5.10. The van der Waals surface area contributed by atoms with E-state index in [0.29, 0.717) is 0 Å². The first-order chi connectivity index (χ1) is 8.58. The van der Waals surface area contributed by atoms with Gasteiger partial charge in [0.15, 0.2) is 11.6 Å². The number of ether oxygens (including phenoxy) is 1. The van der Waals surface area contributed by atoms with Crippen LogP contribution in [0.25, 0.3) is 0 Å². The van der Waals surface area contributed by atoms with Gasteiger partial charge >= 0.3 is 0 Å². The van der Waals surface area contributed by atoms with Gasteiger partial charge in [-0.15, -0.1) is 0 Å². The molecular formula is C13H12F2N2O. The number of halogens is 2. The highest BCUT2D eigenvalue weighted by Gasteiger charge is 2.10. The Morgan fingerprint density at radius 3 is 2.61 bits per heavy atom. The second-order valence-corrected chi connectivity index (χ2v) is 3.87. The van der Waals surface area contributed by atoms with Crippen molar-refractivity contribution in [1.82, 2.24) is 4.98 Å². The van der Waals surface area contributed by atoms with Crippen LogP contribution in [0.1, 0.15) is 18.5 Å². The molecule has 2 rings (SSSR count). The Balaban J connectivity index is 2.21. The topological polar surface area (TPSA) is 48.1 Å². The minimum atomic E-state index is -1.03. The highest BCUT2D eigenvalue weighted by Crippen LogP contribution is 2.24. The third-order valence-corrected chi connectivity index (χ3v) is 2.42. The van der Waals surface area contributed by atoms with E-state index in [0.717, 1.165) is 11.6 Å². The molecule has 0 saturated heterocycles. The fraction of sp³-hybridized carbons (Fsp3) is 0.154. The van der Waals surface area contributed by atoms with Crippen molar-refractivity contribution in [3.63, 3.8) is 0 Å². The van der Waals surface area contributed by atoms with Crippen molar-refractivity contribution in [3.8, 4) is 11.6 Å². The largest absolute Gasteiger partial charge is 0.436 e. The van der Waals surface area contributed by atoms with E-state index in [1.807, 2.05) is 6.92 Å². The Kier molecular flexibility index (Phi) is 3.53. The van der Waals surface area contributed by atoms with Gasteiger partial charge in [-0.25, -0.2) is 9.37 Å². The lowest BCUT2D eigenvalue weighted by Gasteiger charge is -2.08. The Hall–Kier alpha value is -2.01. The van der Waals surface area contributed by atoms with Gasteiger partial charge in [0.2, 0.25) is 11.7 Å². The molecule has 2 N–H and O–H groups in total. The number of nitrogens with two attached hydrogens (primary N) is 1. The number of aromatic nitrogens is 1. The van der Waals surface area contributed by atoms with E-state index in [1.165, 1.54) is 18.3 Å². The molecule has 0 bridgehead atoms. The summed E-state index contributed by atoms with van der Waals surface area (Å²) in [7, 11) is 0. The number of rotatable bonds is 3. The van der Waals surface area contributed by atoms with E-state index < -0.39 is 11.6 Å². The van der Waals surface area contributed by atoms with Gasteiger partial charge < -0.3 is 10.5 Å². The van der Waals surface area contributed by atoms with Crippen molar-refractivity contribution in [2.24, 2.45) is 5.73 Å². The molecule has 0 aliphatic carbocycles. The lowest BCUT2D eigenvalue weighted by atomic mass is 10.2. The maximum atomic E-state index is 13.3. The minimum absolute atomic E-state index is 0.141. The molecule has 1 heterocycles. The molecular weight excluding hydrogens is 238 g/mol. The van der Waals surface area contributed by atoms with Gasteiger partial charge in [-0.1, -0.05) is 12.1 Å². The quantitative estimate of drug-likeness (QED) is 0.910. The molecule has 0 amide bonds. The number of nitrogens with zero attached hydrogens (tertiary/aromatic N) is 1. The highest BCUT2D eigenvalue weighted by molar-refractivity contribution is 5.30. The number of benzene rings is 1. The molecule has 18 heavy (non-hydrogen) atoms. The molecule has 0 spiro atoms. The molecule has 0 saturated carbocycles. The van der Waals surface area contributed by atoms with Crippen LogP contribution in [0.2, 0.25) is 0 Å². The smallest absolute Gasteiger partial charge is 0.219 e. The molecule has 0 radical (unpaired) electrons. The van der Waals surface area contributed by atoms with Crippen LogP contribution in [0.3, 0.4) is 0 Å². The third-order valence-electron chi connectivity index (χ3n) is 2.42. The zero-order valence-corrected chi connectivity index (χ0v) is 9.73. The van der Waals surface area contributed by atoms with E-state index in [9.17, 15) is 8.78 Å². The molecule has 3 nitrogen and oxygen atoms in total. The molecule has 1 aromatic carbocycles. The number of hydrogen-bond acceptors (Lipinski definition) is 3. The van der Waals surface area contributed by atoms with Gasteiger partial charge in [-0.3, -0.25) is 0 Å². The molecule has 0 unspecified atom stereocenters. The standard InChI is InChI=1S/C13H12F2N2O/c1-8(16)9-5-6-12(17-7-9)18-11-4-2-3-10(14)13(11)15/h2-8H,16H2,1H3/t8-/m0/s1. The summed E-state index contributed by atoms with van der Waals surface area (Å²) in [5.41, 5.74) is 6.51. The summed E-state index contributed by atoms with van der Waals surface area (Å²) in [6.07, 6.45) is 1.54. The summed E-state index contributed by atoms with van der Waals surface area (Å²) in [6.45, 7) is 1.82. The van der Waals surface area contributed by atoms with E-state index in [-0.39, 0.29) is 17.7 Å². The van der Waals surface area contributed by atoms with Crippen LogP contribution in [0.15, 0.2) is 36.5 Å². The normalized spacial score (nSPS) is 12.2. The summed E-state index contributed by atoms with van der Waals surface area (Å²) < 4.78 is 31.5. The van der Waals surface area contributed by atoms with Crippen LogP contribution in [0.4, 0.5) is 8.78 Å². The monoisotopic (exact) mass is 250 g/mol. The SMILES string of the molecule is C[C@H](N)c1ccc(Oc2cccc(F)c2F)nc1. The molecule has 0 aliphatic rings. The van der Waals surface area contributed by atoms with E-state index in [1.54, 1.807) is 12.1 Å². The fourth-order valence-electron chi connectivity index (χ4n) is 1.40. The first-order valence-corrected chi connectivity index (χ1v) is 5.41. The van der Waals surface area contributed by atoms with Crippen molar-refractivity contribution in [2.75, 3.05) is 0 Å². The Morgan fingerprint density at radius 1 is 1.22 bits per heavy atom. The fourth-order valence-corrected chi connectivity index (χ4v) is 1.40. The van der Waals surface area contributed by atoms with Gasteiger partial charge in [-0.05, 0) is 24.6 Å². The van der Waals surface area contributed by atoms with Crippen molar-refractivity contribution in [1.29, 1.82) is 0 Å². The average Bonchev–Trinajstić information content (AvgIpc) is 2.36. The molecule has 1 atom stereocenters. The molecule has 1 aromatic heterocycles. The van der Waals surface area contributed by atoms with Crippen LogP contribution in [0.5, 0.6) is 11.6 Å². The third kappa shape index (κ3) is 2.62. The predicted molar refractivity (Wildman–Crippen MR) is 63.3 cm³/mol. The Bertz CT molecular complexity index is 541. The summed E-state index contributed by atoms with van der Waals surface area (Å²) in [5.74, 6) is -2.00. The van der Waals surface area contributed by atoms with Gasteiger partial charge in [0.1, 0.15) is 0 Å². The first kappa shape index (κ1) is 12.4. The lowest BCUT2D eigenvalue weighted by molar-refractivity contribution is 0.405. The van der Waals surface area contributed by atoms with Crippen molar-refractivity contribution in [2.45, 2.75) is 13.0 Å². The van der Waals surface area contributed by atoms with Crippen LogP contribution < -0.4 is 10.5 Å². The zero-order chi connectivity index (χ0) is 13.1. The summed E-state index contributed by atoms with van der Waals surface area (Å²) in [4.78, 5) is 3.97. The molecule has 0 aliphatic heterocycles. The Morgan fingerprint density at radius 2 is 2.00 bits per heavy atom. The molecule has 94 valence electrons. The summed E-state index contributed by atoms with van der Waals surface area (Å²) >= 11 is 0. The number of hydrogen-bond donors (Lipinski definition) is 1. The number of pyridine rings is 1. The van der Waals surface area contributed by atoms with Gasteiger partial charge in [0.05, 0.1) is 0 Å². The first-order valence-electron chi connectivity index (χ1n) is 5.41. The summed E-state index contributed by atoms with van der Waals surface area (Å²) in [6, 6.07) is 6.86. The lowest BCUT2D eigenvalue weighted by Crippen LogP contribution is -2.05. The van der Waals surface area contributed by atoms with Crippen molar-refractivity contribution in [3.05, 3.63) is 53.7 Å². The minimum Gasteiger partial charge on any atom is -0.436 e. The zero-order valence-electron chi connectivity index (χ0n) is 9.73. The van der Waals surface area contributed by atoms with Gasteiger partial charge in [0.25, 0.3) is 0 Å². The molecule has 2 aromatic rings. The van der Waals surface area contributed by atoms with Crippen LogP contribution >= 0.6 is 0 Å². The van der Waals surface area contributed by atoms with Crippen LogP contribution in [-0.4, -0.2) is 4.98 Å². The van der Waals surface area contributed by atoms with Gasteiger partial charge in [-0.2, -0.15) is 4.39 Å². The van der Waals surface area contributed by atoms with E-state index in [2.05, 4.69) is 4.98 Å². The molecule has 5 heteroatoms. The molecule has 0 fully saturated rings. The summed E-state index contributed by atoms with van der Waals surface area (Å²) in [5, 5.41) is 0. The van der Waals surface area contributed by atoms with E-state index in [4.69, 9.17) is 10.5 Å². The maximum Gasteiger partial charge on any atom is 0.219 e. The highest BCUT2D eigenvalue weighted by atomic mass is 19.2. The second-order valence-electron chi connectivity index (χ2n) is 3.87. The van der Waals surface area contributed by atoms with Crippen molar-refractivity contribution >= 4 is 0 Å².